The summed E-state index contributed by atoms with van der Waals surface area (Å²) in [4.78, 5) is 6.92. The van der Waals surface area contributed by atoms with Crippen LogP contribution in [0.5, 0.6) is 0 Å². The molecule has 0 unspecified atom stereocenters. The van der Waals surface area contributed by atoms with Crippen LogP contribution in [0, 0.1) is 5.41 Å². The van der Waals surface area contributed by atoms with Crippen LogP contribution in [0.1, 0.15) is 59.8 Å². The van der Waals surface area contributed by atoms with E-state index < -0.39 is 0 Å². The van der Waals surface area contributed by atoms with E-state index in [1.54, 1.807) is 0 Å². The number of hydrogen-bond acceptors (Lipinski definition) is 2. The molecule has 1 saturated heterocycles. The Bertz CT molecular complexity index is 298. The minimum Gasteiger partial charge on any atom is -0.356 e. The van der Waals surface area contributed by atoms with Gasteiger partial charge >= 0.3 is 0 Å². The van der Waals surface area contributed by atoms with Gasteiger partial charge in [-0.05, 0) is 44.1 Å². The zero-order valence-corrected chi connectivity index (χ0v) is 14.8. The molecule has 0 aromatic rings. The van der Waals surface area contributed by atoms with Crippen molar-refractivity contribution in [2.24, 2.45) is 10.4 Å². The van der Waals surface area contributed by atoms with Gasteiger partial charge in [-0.15, -0.1) is 0 Å². The van der Waals surface area contributed by atoms with Gasteiger partial charge in [0.2, 0.25) is 0 Å². The van der Waals surface area contributed by atoms with Crippen LogP contribution in [-0.4, -0.2) is 50.1 Å². The summed E-state index contributed by atoms with van der Waals surface area (Å²) in [7, 11) is 1.87. The number of piperidine rings is 1. The zero-order valence-electron chi connectivity index (χ0n) is 14.8. The van der Waals surface area contributed by atoms with Gasteiger partial charge in [0.1, 0.15) is 0 Å². The SMILES string of the molecule is CCCN1CCC(NC(=NC)NCCCC(C)(C)C)CC1. The highest BCUT2D eigenvalue weighted by molar-refractivity contribution is 5.79. The lowest BCUT2D eigenvalue weighted by Crippen LogP contribution is -2.48. The minimum atomic E-state index is 0.421. The first kappa shape index (κ1) is 18.3. The lowest BCUT2D eigenvalue weighted by Gasteiger charge is -2.32. The molecule has 0 radical (unpaired) electrons. The molecule has 1 heterocycles. The quantitative estimate of drug-likeness (QED) is 0.450. The van der Waals surface area contributed by atoms with Crippen LogP contribution in [0.2, 0.25) is 0 Å². The fourth-order valence-electron chi connectivity index (χ4n) is 2.83. The molecule has 0 spiro atoms. The van der Waals surface area contributed by atoms with Crippen molar-refractivity contribution in [3.05, 3.63) is 0 Å². The Morgan fingerprint density at radius 2 is 1.90 bits per heavy atom. The first-order valence-corrected chi connectivity index (χ1v) is 8.64. The number of nitrogens with one attached hydrogen (secondary N) is 2. The normalized spacial score (nSPS) is 18.8. The Morgan fingerprint density at radius 3 is 2.43 bits per heavy atom. The smallest absolute Gasteiger partial charge is 0.191 e. The monoisotopic (exact) mass is 296 g/mol. The lowest BCUT2D eigenvalue weighted by atomic mass is 9.91. The maximum atomic E-state index is 4.35. The van der Waals surface area contributed by atoms with Crippen molar-refractivity contribution < 1.29 is 0 Å². The fraction of sp³-hybridized carbons (Fsp3) is 0.941. The second-order valence-corrected chi connectivity index (χ2v) is 7.42. The van der Waals surface area contributed by atoms with Gasteiger partial charge in [-0.3, -0.25) is 4.99 Å². The van der Waals surface area contributed by atoms with Crippen molar-refractivity contribution >= 4 is 5.96 Å². The molecule has 0 atom stereocenters. The van der Waals surface area contributed by atoms with Gasteiger partial charge in [0.25, 0.3) is 0 Å². The molecule has 0 aromatic heterocycles. The standard InChI is InChI=1S/C17H36N4/c1-6-12-21-13-8-15(9-14-21)20-16(18-5)19-11-7-10-17(2,3)4/h15H,6-14H2,1-5H3,(H2,18,19,20). The molecule has 2 N–H and O–H groups in total. The molecule has 4 nitrogen and oxygen atoms in total. The number of likely N-dealkylation sites (tertiary alicyclic amines) is 1. The largest absolute Gasteiger partial charge is 0.356 e. The topological polar surface area (TPSA) is 39.7 Å². The van der Waals surface area contributed by atoms with Gasteiger partial charge in [0, 0.05) is 32.7 Å². The Kier molecular flexibility index (Phi) is 8.09. The maximum Gasteiger partial charge on any atom is 0.191 e. The van der Waals surface area contributed by atoms with Crippen molar-refractivity contribution in [2.45, 2.75) is 65.8 Å². The van der Waals surface area contributed by atoms with Crippen molar-refractivity contribution in [2.75, 3.05) is 33.2 Å². The molecule has 1 fully saturated rings. The highest BCUT2D eigenvalue weighted by Crippen LogP contribution is 2.19. The highest BCUT2D eigenvalue weighted by atomic mass is 15.2. The maximum absolute atomic E-state index is 4.35. The third kappa shape index (κ3) is 8.30. The summed E-state index contributed by atoms with van der Waals surface area (Å²) in [5.41, 5.74) is 0.421. The van der Waals surface area contributed by atoms with Crippen LogP contribution in [0.4, 0.5) is 0 Å². The van der Waals surface area contributed by atoms with Crippen LogP contribution in [0.25, 0.3) is 0 Å². The van der Waals surface area contributed by atoms with E-state index in [-0.39, 0.29) is 0 Å². The summed E-state index contributed by atoms with van der Waals surface area (Å²) >= 11 is 0. The zero-order chi connectivity index (χ0) is 15.7. The van der Waals surface area contributed by atoms with Gasteiger partial charge in [0.05, 0.1) is 0 Å². The minimum absolute atomic E-state index is 0.421. The predicted molar refractivity (Wildman–Crippen MR) is 92.9 cm³/mol. The molecule has 124 valence electrons. The van der Waals surface area contributed by atoms with Crippen LogP contribution in [-0.2, 0) is 0 Å². The summed E-state index contributed by atoms with van der Waals surface area (Å²) in [6.45, 7) is 13.8. The van der Waals surface area contributed by atoms with Crippen LogP contribution in [0.15, 0.2) is 4.99 Å². The van der Waals surface area contributed by atoms with Gasteiger partial charge in [0.15, 0.2) is 5.96 Å². The Labute approximate surface area is 131 Å². The van der Waals surface area contributed by atoms with Gasteiger partial charge < -0.3 is 15.5 Å². The Balaban J connectivity index is 2.20. The van der Waals surface area contributed by atoms with Crippen LogP contribution in [0.3, 0.4) is 0 Å². The van der Waals surface area contributed by atoms with Crippen LogP contribution >= 0.6 is 0 Å². The average molecular weight is 297 g/mol. The van der Waals surface area contributed by atoms with Crippen molar-refractivity contribution in [3.63, 3.8) is 0 Å². The van der Waals surface area contributed by atoms with E-state index in [1.165, 1.54) is 51.7 Å². The summed E-state index contributed by atoms with van der Waals surface area (Å²) in [5.74, 6) is 0.970. The molecule has 0 aliphatic carbocycles. The fourth-order valence-corrected chi connectivity index (χ4v) is 2.83. The second kappa shape index (κ2) is 9.29. The average Bonchev–Trinajstić information content (AvgIpc) is 2.43. The highest BCUT2D eigenvalue weighted by Gasteiger charge is 2.19. The summed E-state index contributed by atoms with van der Waals surface area (Å²) in [6, 6.07) is 0.576. The summed E-state index contributed by atoms with van der Waals surface area (Å²) in [6.07, 6.45) is 6.14. The van der Waals surface area contributed by atoms with E-state index in [2.05, 4.69) is 48.2 Å². The summed E-state index contributed by atoms with van der Waals surface area (Å²) < 4.78 is 0. The van der Waals surface area contributed by atoms with E-state index in [0.29, 0.717) is 11.5 Å². The van der Waals surface area contributed by atoms with Crippen molar-refractivity contribution in [1.82, 2.24) is 15.5 Å². The molecule has 4 heteroatoms. The number of nitrogens with zero attached hydrogens (tertiary/aromatic N) is 2. The number of aliphatic imine (C=N–C) groups is 1. The number of rotatable bonds is 6. The van der Waals surface area contributed by atoms with E-state index in [0.717, 1.165) is 12.5 Å². The molecule has 1 rings (SSSR count). The van der Waals surface area contributed by atoms with E-state index in [1.807, 2.05) is 7.05 Å². The number of hydrogen-bond donors (Lipinski definition) is 2. The van der Waals surface area contributed by atoms with Gasteiger partial charge in [-0.2, -0.15) is 0 Å². The van der Waals surface area contributed by atoms with Crippen molar-refractivity contribution in [1.29, 1.82) is 0 Å². The molecular formula is C17H36N4. The second-order valence-electron chi connectivity index (χ2n) is 7.42. The summed E-state index contributed by atoms with van der Waals surface area (Å²) in [5, 5.41) is 7.03. The molecule has 0 amide bonds. The first-order valence-electron chi connectivity index (χ1n) is 8.64. The van der Waals surface area contributed by atoms with Gasteiger partial charge in [-0.25, -0.2) is 0 Å². The van der Waals surface area contributed by atoms with E-state index in [4.69, 9.17) is 0 Å². The molecule has 21 heavy (non-hydrogen) atoms. The van der Waals surface area contributed by atoms with Crippen molar-refractivity contribution in [3.8, 4) is 0 Å². The van der Waals surface area contributed by atoms with E-state index >= 15 is 0 Å². The Hall–Kier alpha value is -0.770. The number of guanidine groups is 1. The first-order chi connectivity index (χ1) is 9.94. The molecule has 0 saturated carbocycles. The van der Waals surface area contributed by atoms with Gasteiger partial charge in [-0.1, -0.05) is 27.7 Å². The van der Waals surface area contributed by atoms with E-state index in [9.17, 15) is 0 Å². The predicted octanol–water partition coefficient (Wildman–Crippen LogP) is 2.85. The molecule has 1 aliphatic rings. The third-order valence-electron chi connectivity index (χ3n) is 4.09. The Morgan fingerprint density at radius 1 is 1.24 bits per heavy atom. The third-order valence-corrected chi connectivity index (χ3v) is 4.09. The lowest BCUT2D eigenvalue weighted by molar-refractivity contribution is 0.206. The molecular weight excluding hydrogens is 260 g/mol. The molecule has 0 bridgehead atoms. The van der Waals surface area contributed by atoms with Crippen LogP contribution < -0.4 is 10.6 Å². The molecule has 0 aromatic carbocycles. The molecule has 1 aliphatic heterocycles.